The molecule has 1 aromatic carbocycles. The normalized spacial score (nSPS) is 18.3. The van der Waals surface area contributed by atoms with Crippen molar-refractivity contribution in [2.75, 3.05) is 33.9 Å². The van der Waals surface area contributed by atoms with Crippen LogP contribution in [0.4, 0.5) is 0 Å². The van der Waals surface area contributed by atoms with Crippen LogP contribution < -0.4 is 4.74 Å². The minimum absolute atomic E-state index is 0.0779. The average molecular weight is 348 g/mol. The third-order valence-electron chi connectivity index (χ3n) is 4.76. The van der Waals surface area contributed by atoms with Crippen LogP contribution in [-0.2, 0) is 4.74 Å². The highest BCUT2D eigenvalue weighted by atomic mass is 16.5. The molecule has 0 radical (unpaired) electrons. The zero-order chi connectivity index (χ0) is 18.6. The molecular formula is C19H28N2O4. The lowest BCUT2D eigenvalue weighted by Crippen LogP contribution is -2.56. The molecule has 1 atom stereocenters. The number of amides is 1. The van der Waals surface area contributed by atoms with Gasteiger partial charge in [0.25, 0.3) is 5.91 Å². The van der Waals surface area contributed by atoms with Gasteiger partial charge in [0.15, 0.2) is 0 Å². The zero-order valence-electron chi connectivity index (χ0n) is 15.7. The van der Waals surface area contributed by atoms with E-state index in [0.29, 0.717) is 42.0 Å². The Labute approximate surface area is 149 Å². The van der Waals surface area contributed by atoms with E-state index in [1.807, 2.05) is 4.90 Å². The number of hydrogen-bond donors (Lipinski definition) is 0. The van der Waals surface area contributed by atoms with Crippen molar-refractivity contribution in [2.45, 2.75) is 39.3 Å². The molecule has 1 fully saturated rings. The average Bonchev–Trinajstić information content (AvgIpc) is 2.65. The number of rotatable bonds is 5. The molecule has 138 valence electrons. The van der Waals surface area contributed by atoms with Crippen molar-refractivity contribution >= 4 is 11.9 Å². The van der Waals surface area contributed by atoms with Crippen LogP contribution in [-0.4, -0.2) is 67.6 Å². The molecule has 0 N–H and O–H groups in total. The summed E-state index contributed by atoms with van der Waals surface area (Å²) in [5.74, 6) is -0.0889. The number of nitrogens with zero attached hydrogens (tertiary/aromatic N) is 2. The topological polar surface area (TPSA) is 59.1 Å². The fourth-order valence-electron chi connectivity index (χ4n) is 3.36. The predicted octanol–water partition coefficient (Wildman–Crippen LogP) is 2.43. The summed E-state index contributed by atoms with van der Waals surface area (Å²) in [7, 11) is 2.83. The first-order chi connectivity index (χ1) is 11.9. The van der Waals surface area contributed by atoms with Crippen molar-refractivity contribution in [1.82, 2.24) is 9.80 Å². The quantitative estimate of drug-likeness (QED) is 0.765. The van der Waals surface area contributed by atoms with Crippen LogP contribution in [0.1, 0.15) is 47.9 Å². The molecule has 25 heavy (non-hydrogen) atoms. The van der Waals surface area contributed by atoms with Gasteiger partial charge in [0.1, 0.15) is 5.75 Å². The second kappa shape index (κ2) is 8.34. The molecule has 2 rings (SSSR count). The van der Waals surface area contributed by atoms with Gasteiger partial charge in [-0.1, -0.05) is 6.92 Å². The second-order valence-corrected chi connectivity index (χ2v) is 6.59. The molecule has 0 aromatic heterocycles. The Morgan fingerprint density at radius 2 is 1.84 bits per heavy atom. The smallest absolute Gasteiger partial charge is 0.338 e. The Kier molecular flexibility index (Phi) is 6.42. The van der Waals surface area contributed by atoms with Gasteiger partial charge in [-0.2, -0.15) is 0 Å². The Balaban J connectivity index is 2.24. The number of hydrogen-bond acceptors (Lipinski definition) is 5. The molecule has 0 aliphatic carbocycles. The fraction of sp³-hybridized carbons (Fsp3) is 0.579. The number of methoxy groups -OCH3 is 2. The summed E-state index contributed by atoms with van der Waals surface area (Å²) < 4.78 is 10.00. The molecule has 0 saturated carbocycles. The molecule has 0 unspecified atom stereocenters. The van der Waals surface area contributed by atoms with Crippen LogP contribution in [0.2, 0.25) is 0 Å². The maximum absolute atomic E-state index is 13.0. The highest BCUT2D eigenvalue weighted by Crippen LogP contribution is 2.22. The molecule has 6 heteroatoms. The third-order valence-corrected chi connectivity index (χ3v) is 4.76. The van der Waals surface area contributed by atoms with Crippen molar-refractivity contribution in [2.24, 2.45) is 0 Å². The minimum Gasteiger partial charge on any atom is -0.497 e. The van der Waals surface area contributed by atoms with Crippen molar-refractivity contribution in [1.29, 1.82) is 0 Å². The number of carbonyl (C=O) groups excluding carboxylic acids is 2. The van der Waals surface area contributed by atoms with Gasteiger partial charge in [-0.3, -0.25) is 9.69 Å². The molecule has 1 aliphatic rings. The Bertz CT molecular complexity index is 630. The van der Waals surface area contributed by atoms with Crippen molar-refractivity contribution in [3.05, 3.63) is 29.3 Å². The van der Waals surface area contributed by atoms with E-state index in [1.165, 1.54) is 14.2 Å². The fourth-order valence-corrected chi connectivity index (χ4v) is 3.36. The van der Waals surface area contributed by atoms with E-state index in [2.05, 4.69) is 25.7 Å². The van der Waals surface area contributed by atoms with Gasteiger partial charge in [0, 0.05) is 37.3 Å². The van der Waals surface area contributed by atoms with Gasteiger partial charge in [-0.15, -0.1) is 0 Å². The van der Waals surface area contributed by atoms with E-state index in [4.69, 9.17) is 9.47 Å². The summed E-state index contributed by atoms with van der Waals surface area (Å²) in [5, 5.41) is 0. The maximum Gasteiger partial charge on any atom is 0.338 e. The molecule has 1 saturated heterocycles. The Morgan fingerprint density at radius 3 is 2.40 bits per heavy atom. The molecule has 6 nitrogen and oxygen atoms in total. The highest BCUT2D eigenvalue weighted by molar-refractivity contribution is 5.98. The Morgan fingerprint density at radius 1 is 1.16 bits per heavy atom. The minimum atomic E-state index is -0.482. The van der Waals surface area contributed by atoms with Gasteiger partial charge in [-0.05, 0) is 38.5 Å². The van der Waals surface area contributed by atoms with Crippen molar-refractivity contribution in [3.63, 3.8) is 0 Å². The summed E-state index contributed by atoms with van der Waals surface area (Å²) in [4.78, 5) is 29.1. The van der Waals surface area contributed by atoms with E-state index in [-0.39, 0.29) is 5.91 Å². The van der Waals surface area contributed by atoms with Gasteiger partial charge in [-0.25, -0.2) is 4.79 Å². The summed E-state index contributed by atoms with van der Waals surface area (Å²) in [6.07, 6.45) is 0.994. The maximum atomic E-state index is 13.0. The van der Waals surface area contributed by atoms with Gasteiger partial charge < -0.3 is 14.4 Å². The molecule has 0 bridgehead atoms. The third kappa shape index (κ3) is 4.31. The first-order valence-electron chi connectivity index (χ1n) is 8.73. The second-order valence-electron chi connectivity index (χ2n) is 6.59. The van der Waals surface area contributed by atoms with Gasteiger partial charge in [0.2, 0.25) is 0 Å². The lowest BCUT2D eigenvalue weighted by Gasteiger charge is -2.43. The van der Waals surface area contributed by atoms with Crippen LogP contribution in [0.5, 0.6) is 5.75 Å². The van der Waals surface area contributed by atoms with Crippen molar-refractivity contribution in [3.8, 4) is 5.75 Å². The van der Waals surface area contributed by atoms with Gasteiger partial charge >= 0.3 is 5.97 Å². The molecule has 1 heterocycles. The summed E-state index contributed by atoms with van der Waals surface area (Å²) in [5.41, 5.74) is 0.769. The van der Waals surface area contributed by atoms with Crippen LogP contribution in [0.25, 0.3) is 0 Å². The predicted molar refractivity (Wildman–Crippen MR) is 96.2 cm³/mol. The van der Waals surface area contributed by atoms with E-state index < -0.39 is 5.97 Å². The van der Waals surface area contributed by atoms with E-state index in [9.17, 15) is 9.59 Å². The molecule has 0 spiro atoms. The monoisotopic (exact) mass is 348 g/mol. The first-order valence-corrected chi connectivity index (χ1v) is 8.73. The molecule has 1 aliphatic heterocycles. The number of ether oxygens (including phenoxy) is 2. The lowest BCUT2D eigenvalue weighted by atomic mass is 10.0. The number of piperazine rings is 1. The van der Waals surface area contributed by atoms with Crippen LogP contribution in [0.15, 0.2) is 18.2 Å². The zero-order valence-corrected chi connectivity index (χ0v) is 15.7. The van der Waals surface area contributed by atoms with Crippen LogP contribution in [0, 0.1) is 0 Å². The van der Waals surface area contributed by atoms with E-state index >= 15 is 0 Å². The van der Waals surface area contributed by atoms with E-state index in [1.54, 1.807) is 18.2 Å². The SMILES string of the molecule is CC[C@@H]1CN(C(=O)c2cc(OC)cc(C(=O)OC)c2)CCN1C(C)C. The summed E-state index contributed by atoms with van der Waals surface area (Å²) >= 11 is 0. The van der Waals surface area contributed by atoms with Gasteiger partial charge in [0.05, 0.1) is 19.8 Å². The lowest BCUT2D eigenvalue weighted by molar-refractivity contribution is 0.0371. The molecule has 1 aromatic rings. The van der Waals surface area contributed by atoms with Crippen LogP contribution >= 0.6 is 0 Å². The van der Waals surface area contributed by atoms with Crippen molar-refractivity contribution < 1.29 is 19.1 Å². The summed E-state index contributed by atoms with van der Waals surface area (Å²) in [6, 6.07) is 5.64. The number of esters is 1. The van der Waals surface area contributed by atoms with E-state index in [0.717, 1.165) is 13.0 Å². The summed E-state index contributed by atoms with van der Waals surface area (Å²) in [6.45, 7) is 8.75. The molecular weight excluding hydrogens is 320 g/mol. The number of carbonyl (C=O) groups is 2. The Hall–Kier alpha value is -2.08. The largest absolute Gasteiger partial charge is 0.497 e. The number of benzene rings is 1. The standard InChI is InChI=1S/C19H28N2O4/c1-6-16-12-20(7-8-21(16)13(2)3)18(22)14-9-15(19(23)25-5)11-17(10-14)24-4/h9-11,13,16H,6-8,12H2,1-5H3/t16-/m1/s1. The molecule has 1 amide bonds. The first kappa shape index (κ1) is 19.2. The highest BCUT2D eigenvalue weighted by Gasteiger charge is 2.30. The van der Waals surface area contributed by atoms with Crippen LogP contribution in [0.3, 0.4) is 0 Å².